The van der Waals surface area contributed by atoms with Crippen LogP contribution in [0.3, 0.4) is 0 Å². The zero-order valence-corrected chi connectivity index (χ0v) is 13.2. The third-order valence-corrected chi connectivity index (χ3v) is 5.08. The molecule has 1 amide bonds. The van der Waals surface area contributed by atoms with Crippen LogP contribution in [0.1, 0.15) is 30.3 Å². The zero-order valence-electron chi connectivity index (χ0n) is 12.4. The Labute approximate surface area is 134 Å². The van der Waals surface area contributed by atoms with Crippen molar-refractivity contribution < 1.29 is 4.79 Å². The lowest BCUT2D eigenvalue weighted by Crippen LogP contribution is -2.41. The molecule has 1 fully saturated rings. The molecule has 1 aliphatic rings. The molecule has 1 aromatic carbocycles. The summed E-state index contributed by atoms with van der Waals surface area (Å²) in [5.41, 5.74) is 1.05. The van der Waals surface area contributed by atoms with E-state index in [1.165, 1.54) is 11.1 Å². The summed E-state index contributed by atoms with van der Waals surface area (Å²) in [5.74, 6) is 2.43. The Kier molecular flexibility index (Phi) is 4.71. The van der Waals surface area contributed by atoms with Gasteiger partial charge < -0.3 is 5.32 Å². The van der Waals surface area contributed by atoms with Gasteiger partial charge in [0.2, 0.25) is 5.91 Å². The monoisotopic (exact) mass is 313 g/mol. The number of nitrogens with zero attached hydrogens (tertiary/aromatic N) is 2. The smallest absolute Gasteiger partial charge is 0.234 e. The number of hydrogen-bond donors (Lipinski definition) is 1. The number of terminal acetylenes is 1. The van der Waals surface area contributed by atoms with Crippen molar-refractivity contribution in [1.29, 1.82) is 0 Å². The Bertz CT molecular complexity index is 670. The molecule has 3 rings (SSSR count). The highest BCUT2D eigenvalue weighted by molar-refractivity contribution is 7.18. The van der Waals surface area contributed by atoms with E-state index < -0.39 is 0 Å². The minimum Gasteiger partial charge on any atom is -0.344 e. The van der Waals surface area contributed by atoms with Gasteiger partial charge in [0.1, 0.15) is 5.01 Å². The van der Waals surface area contributed by atoms with E-state index in [2.05, 4.69) is 22.2 Å². The van der Waals surface area contributed by atoms with E-state index in [9.17, 15) is 4.79 Å². The van der Waals surface area contributed by atoms with Gasteiger partial charge in [-0.1, -0.05) is 24.5 Å². The Morgan fingerprint density at radius 2 is 2.32 bits per heavy atom. The normalized spacial score (nSPS) is 19.0. The number of piperidine rings is 1. The first-order valence-corrected chi connectivity index (χ1v) is 8.39. The van der Waals surface area contributed by atoms with Crippen molar-refractivity contribution in [2.24, 2.45) is 0 Å². The van der Waals surface area contributed by atoms with Gasteiger partial charge in [-0.25, -0.2) is 4.98 Å². The molecule has 5 heteroatoms. The van der Waals surface area contributed by atoms with E-state index in [0.717, 1.165) is 29.9 Å². The molecule has 1 aliphatic heterocycles. The topological polar surface area (TPSA) is 45.2 Å². The maximum absolute atomic E-state index is 12.0. The Morgan fingerprint density at radius 3 is 3.14 bits per heavy atom. The third kappa shape index (κ3) is 3.29. The molecular weight excluding hydrogens is 294 g/mol. The van der Waals surface area contributed by atoms with Crippen LogP contribution >= 0.6 is 11.3 Å². The Morgan fingerprint density at radius 1 is 1.45 bits per heavy atom. The van der Waals surface area contributed by atoms with Crippen molar-refractivity contribution in [2.75, 3.05) is 19.6 Å². The number of thiazole rings is 1. The molecule has 0 saturated carbocycles. The number of nitrogens with one attached hydrogen (secondary N) is 1. The van der Waals surface area contributed by atoms with Crippen molar-refractivity contribution in [3.05, 3.63) is 29.3 Å². The number of carbonyl (C=O) groups is 1. The number of rotatable bonds is 4. The predicted octanol–water partition coefficient (Wildman–Crippen LogP) is 2.57. The first kappa shape index (κ1) is 15.0. The van der Waals surface area contributed by atoms with Crippen molar-refractivity contribution in [3.63, 3.8) is 0 Å². The number of para-hydroxylation sites is 1. The third-order valence-electron chi connectivity index (χ3n) is 3.94. The van der Waals surface area contributed by atoms with Gasteiger partial charge in [0, 0.05) is 0 Å². The SMILES string of the molecule is C#CCNC(=O)CN1CCCC[C@H]1c1nc2ccccc2s1. The van der Waals surface area contributed by atoms with Gasteiger partial charge in [0.15, 0.2) is 0 Å². The maximum atomic E-state index is 12.0. The molecule has 0 aliphatic carbocycles. The molecule has 1 N–H and O–H groups in total. The summed E-state index contributed by atoms with van der Waals surface area (Å²) in [7, 11) is 0. The van der Waals surface area contributed by atoms with Gasteiger partial charge in [0.05, 0.1) is 29.3 Å². The molecule has 1 saturated heterocycles. The standard InChI is InChI=1S/C17H19N3OS/c1-2-10-18-16(21)12-20-11-6-5-8-14(20)17-19-13-7-3-4-9-15(13)22-17/h1,3-4,7,9,14H,5-6,8,10-12H2,(H,18,21)/t14-/m0/s1. The average molecular weight is 313 g/mol. The zero-order chi connectivity index (χ0) is 15.4. The summed E-state index contributed by atoms with van der Waals surface area (Å²) >= 11 is 1.74. The second kappa shape index (κ2) is 6.91. The second-order valence-electron chi connectivity index (χ2n) is 5.48. The molecule has 0 spiro atoms. The number of hydrogen-bond acceptors (Lipinski definition) is 4. The van der Waals surface area contributed by atoms with E-state index in [0.29, 0.717) is 13.1 Å². The van der Waals surface area contributed by atoms with Gasteiger partial charge in [-0.3, -0.25) is 9.69 Å². The number of amides is 1. The van der Waals surface area contributed by atoms with Crippen LogP contribution in [0.2, 0.25) is 0 Å². The maximum Gasteiger partial charge on any atom is 0.234 e. The molecule has 1 aromatic heterocycles. The van der Waals surface area contributed by atoms with Crippen molar-refractivity contribution in [3.8, 4) is 12.3 Å². The number of aromatic nitrogens is 1. The minimum atomic E-state index is -0.00837. The van der Waals surface area contributed by atoms with Gasteiger partial charge >= 0.3 is 0 Å². The molecule has 1 atom stereocenters. The molecule has 114 valence electrons. The van der Waals surface area contributed by atoms with Crippen LogP contribution in [0.25, 0.3) is 10.2 Å². The second-order valence-corrected chi connectivity index (χ2v) is 6.54. The van der Waals surface area contributed by atoms with Crippen LogP contribution in [0.4, 0.5) is 0 Å². The van der Waals surface area contributed by atoms with Crippen LogP contribution in [-0.4, -0.2) is 35.4 Å². The summed E-state index contributed by atoms with van der Waals surface area (Å²) in [6.07, 6.45) is 8.55. The Balaban J connectivity index is 1.77. The Hall–Kier alpha value is -1.90. The van der Waals surface area contributed by atoms with Crippen LogP contribution in [0, 0.1) is 12.3 Å². The van der Waals surface area contributed by atoms with Gasteiger partial charge in [-0.05, 0) is 31.5 Å². The quantitative estimate of drug-likeness (QED) is 0.883. The first-order valence-electron chi connectivity index (χ1n) is 7.57. The first-order chi connectivity index (χ1) is 10.8. The van der Waals surface area contributed by atoms with E-state index >= 15 is 0 Å². The van der Waals surface area contributed by atoms with E-state index in [1.807, 2.05) is 18.2 Å². The van der Waals surface area contributed by atoms with Crippen LogP contribution < -0.4 is 5.32 Å². The largest absolute Gasteiger partial charge is 0.344 e. The molecule has 0 radical (unpaired) electrons. The lowest BCUT2D eigenvalue weighted by Gasteiger charge is -2.33. The fraction of sp³-hybridized carbons (Fsp3) is 0.412. The van der Waals surface area contributed by atoms with Crippen LogP contribution in [-0.2, 0) is 4.79 Å². The molecule has 2 heterocycles. The fourth-order valence-corrected chi connectivity index (χ4v) is 4.02. The van der Waals surface area contributed by atoms with Gasteiger partial charge in [0.25, 0.3) is 0 Å². The summed E-state index contributed by atoms with van der Waals surface area (Å²) in [5, 5.41) is 3.86. The fourth-order valence-electron chi connectivity index (χ4n) is 2.88. The highest BCUT2D eigenvalue weighted by atomic mass is 32.1. The summed E-state index contributed by atoms with van der Waals surface area (Å²) in [4.78, 5) is 19.0. The number of carbonyl (C=O) groups excluding carboxylic acids is 1. The summed E-state index contributed by atoms with van der Waals surface area (Å²) < 4.78 is 1.21. The molecular formula is C17H19N3OS. The number of benzene rings is 1. The van der Waals surface area contributed by atoms with E-state index in [4.69, 9.17) is 11.4 Å². The van der Waals surface area contributed by atoms with Crippen LogP contribution in [0.5, 0.6) is 0 Å². The highest BCUT2D eigenvalue weighted by Crippen LogP contribution is 2.35. The molecule has 0 bridgehead atoms. The van der Waals surface area contributed by atoms with E-state index in [-0.39, 0.29) is 11.9 Å². The minimum absolute atomic E-state index is 0.00837. The van der Waals surface area contributed by atoms with Crippen molar-refractivity contribution in [1.82, 2.24) is 15.2 Å². The van der Waals surface area contributed by atoms with Crippen LogP contribution in [0.15, 0.2) is 24.3 Å². The summed E-state index contributed by atoms with van der Waals surface area (Å²) in [6, 6.07) is 8.43. The highest BCUT2D eigenvalue weighted by Gasteiger charge is 2.28. The molecule has 0 unspecified atom stereocenters. The lowest BCUT2D eigenvalue weighted by molar-refractivity contribution is -0.122. The molecule has 2 aromatic rings. The average Bonchev–Trinajstić information content (AvgIpc) is 2.97. The van der Waals surface area contributed by atoms with E-state index in [1.54, 1.807) is 11.3 Å². The number of likely N-dealkylation sites (tertiary alicyclic amines) is 1. The van der Waals surface area contributed by atoms with Gasteiger partial charge in [-0.2, -0.15) is 0 Å². The molecule has 22 heavy (non-hydrogen) atoms. The predicted molar refractivity (Wildman–Crippen MR) is 89.6 cm³/mol. The van der Waals surface area contributed by atoms with Crippen molar-refractivity contribution in [2.45, 2.75) is 25.3 Å². The van der Waals surface area contributed by atoms with Gasteiger partial charge in [-0.15, -0.1) is 17.8 Å². The molecule has 4 nitrogen and oxygen atoms in total. The summed E-state index contributed by atoms with van der Waals surface area (Å²) in [6.45, 7) is 1.62. The lowest BCUT2D eigenvalue weighted by atomic mass is 10.0. The van der Waals surface area contributed by atoms with Crippen molar-refractivity contribution >= 4 is 27.5 Å². The number of fused-ring (bicyclic) bond motifs is 1.